The van der Waals surface area contributed by atoms with Gasteiger partial charge in [0.2, 0.25) is 0 Å². The van der Waals surface area contributed by atoms with Gasteiger partial charge in [-0.2, -0.15) is 0 Å². The second-order valence-corrected chi connectivity index (χ2v) is 3.88. The van der Waals surface area contributed by atoms with Gasteiger partial charge in [-0.3, -0.25) is 4.79 Å². The molecule has 0 atom stereocenters. The summed E-state index contributed by atoms with van der Waals surface area (Å²) >= 11 is 0. The van der Waals surface area contributed by atoms with E-state index >= 15 is 0 Å². The van der Waals surface area contributed by atoms with Crippen LogP contribution in [-0.2, 0) is 6.42 Å². The molecule has 0 fully saturated rings. The van der Waals surface area contributed by atoms with E-state index in [0.29, 0.717) is 6.54 Å². The molecule has 0 aliphatic rings. The fourth-order valence-corrected chi connectivity index (χ4v) is 1.65. The fraction of sp³-hybridized carbons (Fsp3) is 0.231. The molecule has 1 amide bonds. The van der Waals surface area contributed by atoms with Gasteiger partial charge in [0.15, 0.2) is 0 Å². The van der Waals surface area contributed by atoms with E-state index in [1.54, 1.807) is 6.33 Å². The molecule has 0 aliphatic carbocycles. The third-order valence-corrected chi connectivity index (χ3v) is 2.61. The Balaban J connectivity index is 1.88. The van der Waals surface area contributed by atoms with Gasteiger partial charge in [-0.15, -0.1) is 0 Å². The Morgan fingerprint density at radius 3 is 2.94 bits per heavy atom. The van der Waals surface area contributed by atoms with E-state index in [4.69, 9.17) is 0 Å². The number of aryl methyl sites for hydroxylation is 1. The smallest absolute Gasteiger partial charge is 0.251 e. The number of hydrogen-bond donors (Lipinski definition) is 2. The summed E-state index contributed by atoms with van der Waals surface area (Å²) in [6.45, 7) is 2.53. The van der Waals surface area contributed by atoms with Crippen molar-refractivity contribution in [3.8, 4) is 0 Å². The first kappa shape index (κ1) is 11.4. The predicted molar refractivity (Wildman–Crippen MR) is 65.8 cm³/mol. The maximum atomic E-state index is 11.9. The zero-order chi connectivity index (χ0) is 12.1. The first-order chi connectivity index (χ1) is 8.27. The Morgan fingerprint density at radius 1 is 1.41 bits per heavy atom. The standard InChI is InChI=1S/C13H15N3O/c1-10-4-2-3-5-12(10)13(17)15-7-6-11-8-14-9-16-11/h2-5,8-9H,6-7H2,1H3,(H,14,16)(H,15,17). The van der Waals surface area contributed by atoms with E-state index < -0.39 is 0 Å². The van der Waals surface area contributed by atoms with Crippen molar-refractivity contribution >= 4 is 5.91 Å². The lowest BCUT2D eigenvalue weighted by molar-refractivity contribution is 0.0953. The highest BCUT2D eigenvalue weighted by molar-refractivity contribution is 5.95. The highest BCUT2D eigenvalue weighted by Gasteiger charge is 2.07. The SMILES string of the molecule is Cc1ccccc1C(=O)NCCc1c[nH]cn1. The van der Waals surface area contributed by atoms with E-state index in [0.717, 1.165) is 23.2 Å². The molecule has 0 radical (unpaired) electrons. The van der Waals surface area contributed by atoms with E-state index in [9.17, 15) is 4.79 Å². The number of nitrogens with zero attached hydrogens (tertiary/aromatic N) is 1. The van der Waals surface area contributed by atoms with Crippen LogP contribution in [0, 0.1) is 6.92 Å². The van der Waals surface area contributed by atoms with Gasteiger partial charge in [-0.05, 0) is 18.6 Å². The predicted octanol–water partition coefficient (Wildman–Crippen LogP) is 1.69. The number of benzene rings is 1. The van der Waals surface area contributed by atoms with Gasteiger partial charge >= 0.3 is 0 Å². The monoisotopic (exact) mass is 229 g/mol. The molecule has 4 nitrogen and oxygen atoms in total. The summed E-state index contributed by atoms with van der Waals surface area (Å²) in [5.41, 5.74) is 2.68. The largest absolute Gasteiger partial charge is 0.352 e. The number of rotatable bonds is 4. The van der Waals surface area contributed by atoms with Crippen LogP contribution in [0.3, 0.4) is 0 Å². The average Bonchev–Trinajstić information content (AvgIpc) is 2.82. The summed E-state index contributed by atoms with van der Waals surface area (Å²) in [6, 6.07) is 7.56. The first-order valence-electron chi connectivity index (χ1n) is 5.59. The van der Waals surface area contributed by atoms with Crippen LogP contribution in [-0.4, -0.2) is 22.4 Å². The van der Waals surface area contributed by atoms with Crippen molar-refractivity contribution in [1.82, 2.24) is 15.3 Å². The van der Waals surface area contributed by atoms with Crippen molar-refractivity contribution in [2.45, 2.75) is 13.3 Å². The Bertz CT molecular complexity index is 491. The third kappa shape index (κ3) is 2.93. The Kier molecular flexibility index (Phi) is 3.55. The molecule has 0 bridgehead atoms. The van der Waals surface area contributed by atoms with Crippen LogP contribution in [0.15, 0.2) is 36.8 Å². The molecule has 0 spiro atoms. The van der Waals surface area contributed by atoms with Crippen LogP contribution >= 0.6 is 0 Å². The van der Waals surface area contributed by atoms with E-state index in [1.165, 1.54) is 0 Å². The molecule has 1 aromatic carbocycles. The van der Waals surface area contributed by atoms with Gasteiger partial charge in [0, 0.05) is 24.7 Å². The molecule has 2 N–H and O–H groups in total. The lowest BCUT2D eigenvalue weighted by Crippen LogP contribution is -2.26. The van der Waals surface area contributed by atoms with E-state index in [-0.39, 0.29) is 5.91 Å². The number of aromatic amines is 1. The molecule has 0 aliphatic heterocycles. The highest BCUT2D eigenvalue weighted by Crippen LogP contribution is 2.06. The van der Waals surface area contributed by atoms with Gasteiger partial charge in [0.05, 0.1) is 12.0 Å². The van der Waals surface area contributed by atoms with Crippen molar-refractivity contribution in [3.05, 3.63) is 53.6 Å². The lowest BCUT2D eigenvalue weighted by Gasteiger charge is -2.06. The zero-order valence-corrected chi connectivity index (χ0v) is 9.73. The number of nitrogens with one attached hydrogen (secondary N) is 2. The van der Waals surface area contributed by atoms with Crippen molar-refractivity contribution < 1.29 is 4.79 Å². The average molecular weight is 229 g/mol. The van der Waals surface area contributed by atoms with Gasteiger partial charge < -0.3 is 10.3 Å². The molecule has 4 heteroatoms. The quantitative estimate of drug-likeness (QED) is 0.838. The van der Waals surface area contributed by atoms with E-state index in [2.05, 4.69) is 15.3 Å². The molecule has 88 valence electrons. The molecule has 0 saturated carbocycles. The second kappa shape index (κ2) is 5.30. The Morgan fingerprint density at radius 2 is 2.24 bits per heavy atom. The van der Waals surface area contributed by atoms with Gasteiger partial charge in [0.25, 0.3) is 5.91 Å². The minimum absolute atomic E-state index is 0.0290. The van der Waals surface area contributed by atoms with Crippen molar-refractivity contribution in [1.29, 1.82) is 0 Å². The number of H-pyrrole nitrogens is 1. The van der Waals surface area contributed by atoms with Gasteiger partial charge in [0.1, 0.15) is 0 Å². The molecule has 0 saturated heterocycles. The minimum Gasteiger partial charge on any atom is -0.352 e. The molecule has 1 heterocycles. The fourth-order valence-electron chi connectivity index (χ4n) is 1.65. The van der Waals surface area contributed by atoms with Crippen LogP contribution in [0.1, 0.15) is 21.6 Å². The Labute approximate surface area is 100 Å². The number of carbonyl (C=O) groups excluding carboxylic acids is 1. The summed E-state index contributed by atoms with van der Waals surface area (Å²) < 4.78 is 0. The maximum absolute atomic E-state index is 11.9. The Hall–Kier alpha value is -2.10. The third-order valence-electron chi connectivity index (χ3n) is 2.61. The van der Waals surface area contributed by atoms with Crippen LogP contribution in [0.5, 0.6) is 0 Å². The molecular weight excluding hydrogens is 214 g/mol. The summed E-state index contributed by atoms with van der Waals surface area (Å²) in [4.78, 5) is 18.8. The number of imidazole rings is 1. The topological polar surface area (TPSA) is 57.8 Å². The van der Waals surface area contributed by atoms with Crippen molar-refractivity contribution in [2.75, 3.05) is 6.54 Å². The number of hydrogen-bond acceptors (Lipinski definition) is 2. The molecule has 1 aromatic heterocycles. The molecule has 2 aromatic rings. The molecule has 2 rings (SSSR count). The van der Waals surface area contributed by atoms with Crippen molar-refractivity contribution in [3.63, 3.8) is 0 Å². The summed E-state index contributed by atoms with van der Waals surface area (Å²) in [5, 5.41) is 2.89. The molecule has 0 unspecified atom stereocenters. The zero-order valence-electron chi connectivity index (χ0n) is 9.73. The summed E-state index contributed by atoms with van der Waals surface area (Å²) in [6.07, 6.45) is 4.21. The molecule has 17 heavy (non-hydrogen) atoms. The van der Waals surface area contributed by atoms with Crippen LogP contribution in [0.2, 0.25) is 0 Å². The highest BCUT2D eigenvalue weighted by atomic mass is 16.1. The van der Waals surface area contributed by atoms with Crippen molar-refractivity contribution in [2.24, 2.45) is 0 Å². The second-order valence-electron chi connectivity index (χ2n) is 3.88. The van der Waals surface area contributed by atoms with Gasteiger partial charge in [-0.25, -0.2) is 4.98 Å². The first-order valence-corrected chi connectivity index (χ1v) is 5.59. The minimum atomic E-state index is -0.0290. The summed E-state index contributed by atoms with van der Waals surface area (Å²) in [5.74, 6) is -0.0290. The van der Waals surface area contributed by atoms with Crippen LogP contribution in [0.4, 0.5) is 0 Å². The summed E-state index contributed by atoms with van der Waals surface area (Å²) in [7, 11) is 0. The number of amides is 1. The van der Waals surface area contributed by atoms with Gasteiger partial charge in [-0.1, -0.05) is 18.2 Å². The van der Waals surface area contributed by atoms with Crippen LogP contribution in [0.25, 0.3) is 0 Å². The van der Waals surface area contributed by atoms with E-state index in [1.807, 2.05) is 37.4 Å². The maximum Gasteiger partial charge on any atom is 0.251 e. The number of aromatic nitrogens is 2. The molecular formula is C13H15N3O. The van der Waals surface area contributed by atoms with Crippen LogP contribution < -0.4 is 5.32 Å². The number of carbonyl (C=O) groups is 1. The lowest BCUT2D eigenvalue weighted by atomic mass is 10.1. The normalized spacial score (nSPS) is 10.2.